The monoisotopic (exact) mass is 300 g/mol. The van der Waals surface area contributed by atoms with E-state index in [1.807, 2.05) is 26.0 Å². The third kappa shape index (κ3) is 3.53. The summed E-state index contributed by atoms with van der Waals surface area (Å²) in [7, 11) is 0. The van der Waals surface area contributed by atoms with E-state index in [1.165, 1.54) is 11.8 Å². The smallest absolute Gasteiger partial charge is 0.316 e. The van der Waals surface area contributed by atoms with Crippen molar-refractivity contribution in [3.8, 4) is 6.07 Å². The number of fused-ring (bicyclic) bond motifs is 1. The lowest BCUT2D eigenvalue weighted by Crippen LogP contribution is -2.07. The van der Waals surface area contributed by atoms with Gasteiger partial charge in [-0.3, -0.25) is 4.79 Å². The molecule has 2 aromatic rings. The highest BCUT2D eigenvalue weighted by Gasteiger charge is 2.12. The number of esters is 1. The maximum atomic E-state index is 11.4. The number of carbonyl (C=O) groups excluding carboxylic acids is 1. The SMILES string of the molecule is CCOC(=O)CSc1nc2c(C)cc(C)cc2cc1C#N. The van der Waals surface area contributed by atoms with Crippen molar-refractivity contribution in [2.45, 2.75) is 25.8 Å². The fourth-order valence-corrected chi connectivity index (χ4v) is 2.91. The van der Waals surface area contributed by atoms with Crippen LogP contribution in [0.25, 0.3) is 10.9 Å². The number of ether oxygens (including phenoxy) is 1. The molecule has 0 aliphatic rings. The zero-order valence-electron chi connectivity index (χ0n) is 12.3. The van der Waals surface area contributed by atoms with Crippen LogP contribution in [0.1, 0.15) is 23.6 Å². The lowest BCUT2D eigenvalue weighted by Gasteiger charge is -2.08. The van der Waals surface area contributed by atoms with Gasteiger partial charge in [-0.15, -0.1) is 0 Å². The summed E-state index contributed by atoms with van der Waals surface area (Å²) in [6, 6.07) is 8.04. The zero-order valence-corrected chi connectivity index (χ0v) is 13.1. The molecule has 0 saturated carbocycles. The van der Waals surface area contributed by atoms with Crippen molar-refractivity contribution < 1.29 is 9.53 Å². The summed E-state index contributed by atoms with van der Waals surface area (Å²) in [4.78, 5) is 16.0. The predicted molar refractivity (Wildman–Crippen MR) is 83.3 cm³/mol. The van der Waals surface area contributed by atoms with E-state index in [2.05, 4.69) is 17.1 Å². The van der Waals surface area contributed by atoms with Gasteiger partial charge in [0.05, 0.1) is 23.4 Å². The molecular formula is C16H16N2O2S. The number of thioether (sulfide) groups is 1. The molecule has 0 bridgehead atoms. The number of nitrogens with zero attached hydrogens (tertiary/aromatic N) is 2. The Labute approximate surface area is 128 Å². The quantitative estimate of drug-likeness (QED) is 0.640. The number of aromatic nitrogens is 1. The first-order chi connectivity index (χ1) is 10.0. The molecule has 0 radical (unpaired) electrons. The highest BCUT2D eigenvalue weighted by atomic mass is 32.2. The number of benzene rings is 1. The van der Waals surface area contributed by atoms with Gasteiger partial charge in [0.2, 0.25) is 0 Å². The molecule has 5 heteroatoms. The van der Waals surface area contributed by atoms with Gasteiger partial charge in [0.15, 0.2) is 0 Å². The summed E-state index contributed by atoms with van der Waals surface area (Å²) >= 11 is 1.24. The number of hydrogen-bond acceptors (Lipinski definition) is 5. The summed E-state index contributed by atoms with van der Waals surface area (Å²) in [6.45, 7) is 6.13. The van der Waals surface area contributed by atoms with Crippen molar-refractivity contribution in [2.24, 2.45) is 0 Å². The molecule has 0 amide bonds. The fraction of sp³-hybridized carbons (Fsp3) is 0.312. The average Bonchev–Trinajstić information content (AvgIpc) is 2.44. The Hall–Kier alpha value is -2.06. The topological polar surface area (TPSA) is 63.0 Å². The van der Waals surface area contributed by atoms with Crippen molar-refractivity contribution in [2.75, 3.05) is 12.4 Å². The Balaban J connectivity index is 2.39. The molecule has 21 heavy (non-hydrogen) atoms. The second-order valence-electron chi connectivity index (χ2n) is 4.70. The van der Waals surface area contributed by atoms with Gasteiger partial charge in [0.25, 0.3) is 0 Å². The number of hydrogen-bond donors (Lipinski definition) is 0. The van der Waals surface area contributed by atoms with Gasteiger partial charge in [-0.25, -0.2) is 4.98 Å². The second-order valence-corrected chi connectivity index (χ2v) is 5.66. The molecule has 0 saturated heterocycles. The number of rotatable bonds is 4. The Morgan fingerprint density at radius 2 is 2.14 bits per heavy atom. The molecule has 108 valence electrons. The minimum Gasteiger partial charge on any atom is -0.465 e. The van der Waals surface area contributed by atoms with Gasteiger partial charge in [-0.05, 0) is 38.5 Å². The van der Waals surface area contributed by atoms with Crippen LogP contribution in [0.5, 0.6) is 0 Å². The van der Waals surface area contributed by atoms with Crippen molar-refractivity contribution >= 4 is 28.6 Å². The minimum absolute atomic E-state index is 0.159. The Bertz CT molecular complexity index is 735. The van der Waals surface area contributed by atoms with Gasteiger partial charge in [-0.1, -0.05) is 23.4 Å². The lowest BCUT2D eigenvalue weighted by atomic mass is 10.1. The van der Waals surface area contributed by atoms with E-state index >= 15 is 0 Å². The molecule has 1 aromatic heterocycles. The first-order valence-corrected chi connectivity index (χ1v) is 7.64. The van der Waals surface area contributed by atoms with Crippen molar-refractivity contribution in [1.29, 1.82) is 5.26 Å². The molecular weight excluding hydrogens is 284 g/mol. The van der Waals surface area contributed by atoms with Crippen LogP contribution < -0.4 is 0 Å². The van der Waals surface area contributed by atoms with E-state index in [4.69, 9.17) is 4.74 Å². The third-order valence-electron chi connectivity index (χ3n) is 2.97. The van der Waals surface area contributed by atoms with Gasteiger partial charge < -0.3 is 4.74 Å². The summed E-state index contributed by atoms with van der Waals surface area (Å²) in [5.74, 6) is -0.139. The molecule has 0 spiro atoms. The normalized spacial score (nSPS) is 10.4. The Kier molecular flexibility index (Phi) is 4.81. The van der Waals surface area contributed by atoms with Gasteiger partial charge in [0, 0.05) is 5.39 Å². The molecule has 1 aromatic carbocycles. The van der Waals surface area contributed by atoms with Crippen LogP contribution >= 0.6 is 11.8 Å². The summed E-state index contributed by atoms with van der Waals surface area (Å²) in [6.07, 6.45) is 0. The first-order valence-electron chi connectivity index (χ1n) is 6.65. The standard InChI is InChI=1S/C16H16N2O2S/c1-4-20-14(19)9-21-16-13(8-17)7-12-6-10(2)5-11(3)15(12)18-16/h5-7H,4,9H2,1-3H3. The summed E-state index contributed by atoms with van der Waals surface area (Å²) < 4.78 is 4.89. The van der Waals surface area contributed by atoms with Crippen LogP contribution in [0.2, 0.25) is 0 Å². The van der Waals surface area contributed by atoms with Crippen molar-refractivity contribution in [3.63, 3.8) is 0 Å². The van der Waals surface area contributed by atoms with Crippen molar-refractivity contribution in [3.05, 3.63) is 34.9 Å². The van der Waals surface area contributed by atoms with E-state index < -0.39 is 0 Å². The molecule has 4 nitrogen and oxygen atoms in total. The molecule has 0 atom stereocenters. The van der Waals surface area contributed by atoms with Crippen LogP contribution in [0, 0.1) is 25.2 Å². The molecule has 0 aliphatic carbocycles. The highest BCUT2D eigenvalue weighted by Crippen LogP contribution is 2.27. The maximum Gasteiger partial charge on any atom is 0.316 e. The predicted octanol–water partition coefficient (Wildman–Crippen LogP) is 3.38. The van der Waals surface area contributed by atoms with E-state index in [0.717, 1.165) is 22.0 Å². The highest BCUT2D eigenvalue weighted by molar-refractivity contribution is 7.99. The molecule has 0 fully saturated rings. The second kappa shape index (κ2) is 6.59. The average molecular weight is 300 g/mol. The first kappa shape index (κ1) is 15.3. The Morgan fingerprint density at radius 1 is 1.38 bits per heavy atom. The van der Waals surface area contributed by atoms with Gasteiger partial charge in [-0.2, -0.15) is 5.26 Å². The molecule has 0 aliphatic heterocycles. The fourth-order valence-electron chi connectivity index (χ4n) is 2.15. The van der Waals surface area contributed by atoms with Gasteiger partial charge >= 0.3 is 5.97 Å². The van der Waals surface area contributed by atoms with E-state index in [0.29, 0.717) is 17.2 Å². The number of nitriles is 1. The molecule has 2 rings (SSSR count). The van der Waals surface area contributed by atoms with Crippen LogP contribution in [-0.4, -0.2) is 23.3 Å². The molecule has 1 heterocycles. The summed E-state index contributed by atoms with van der Waals surface area (Å²) in [5.41, 5.74) is 3.55. The lowest BCUT2D eigenvalue weighted by molar-refractivity contribution is -0.139. The van der Waals surface area contributed by atoms with Crippen LogP contribution in [0.4, 0.5) is 0 Å². The van der Waals surface area contributed by atoms with Crippen LogP contribution in [0.3, 0.4) is 0 Å². The maximum absolute atomic E-state index is 11.4. The minimum atomic E-state index is -0.297. The van der Waals surface area contributed by atoms with E-state index in [-0.39, 0.29) is 11.7 Å². The number of pyridine rings is 1. The van der Waals surface area contributed by atoms with Crippen molar-refractivity contribution in [1.82, 2.24) is 4.98 Å². The van der Waals surface area contributed by atoms with E-state index in [1.54, 1.807) is 6.92 Å². The molecule has 0 unspecified atom stereocenters. The Morgan fingerprint density at radius 3 is 2.81 bits per heavy atom. The molecule has 0 N–H and O–H groups in total. The summed E-state index contributed by atoms with van der Waals surface area (Å²) in [5, 5.41) is 10.8. The zero-order chi connectivity index (χ0) is 15.4. The van der Waals surface area contributed by atoms with Crippen LogP contribution in [0.15, 0.2) is 23.2 Å². The number of aryl methyl sites for hydroxylation is 2. The third-order valence-corrected chi connectivity index (χ3v) is 3.94. The van der Waals surface area contributed by atoms with E-state index in [9.17, 15) is 10.1 Å². The largest absolute Gasteiger partial charge is 0.465 e. The van der Waals surface area contributed by atoms with Crippen LogP contribution in [-0.2, 0) is 9.53 Å². The number of carbonyl (C=O) groups is 1. The van der Waals surface area contributed by atoms with Gasteiger partial charge in [0.1, 0.15) is 11.1 Å².